The topological polar surface area (TPSA) is 92.9 Å². The first-order valence-corrected chi connectivity index (χ1v) is 7.89. The van der Waals surface area contributed by atoms with Gasteiger partial charge in [0, 0.05) is 25.9 Å². The number of imidazole rings is 1. The number of hydrogen-bond acceptors (Lipinski definition) is 5. The number of nitrogens with zero attached hydrogens (tertiary/aromatic N) is 4. The molecule has 0 bridgehead atoms. The Hall–Kier alpha value is -2.28. The van der Waals surface area contributed by atoms with Crippen molar-refractivity contribution < 1.29 is 9.90 Å². The lowest BCUT2D eigenvalue weighted by atomic mass is 9.86. The van der Waals surface area contributed by atoms with Crippen LogP contribution in [0.4, 0.5) is 0 Å². The standard InChI is InChI=1S/C16H21N5O2/c1-21-10-17-8-14(21)13-6-7-18-15(20-13)16(23)19-12-4-2-11(9-22)3-5-12/h6-8,10-12,22H,2-5,9H2,1H3,(H,19,23). The van der Waals surface area contributed by atoms with Gasteiger partial charge in [-0.1, -0.05) is 0 Å². The number of aliphatic hydroxyl groups excluding tert-OH is 1. The van der Waals surface area contributed by atoms with Crippen molar-refractivity contribution in [2.45, 2.75) is 31.7 Å². The molecule has 2 aromatic heterocycles. The molecular weight excluding hydrogens is 294 g/mol. The quantitative estimate of drug-likeness (QED) is 0.883. The van der Waals surface area contributed by atoms with E-state index in [0.717, 1.165) is 31.4 Å². The number of amides is 1. The Morgan fingerprint density at radius 3 is 2.83 bits per heavy atom. The molecule has 0 aromatic carbocycles. The van der Waals surface area contributed by atoms with Gasteiger partial charge in [0.2, 0.25) is 5.82 Å². The molecule has 0 aliphatic heterocycles. The zero-order chi connectivity index (χ0) is 16.2. The van der Waals surface area contributed by atoms with E-state index in [4.69, 9.17) is 5.11 Å². The van der Waals surface area contributed by atoms with Crippen LogP contribution in [0.5, 0.6) is 0 Å². The average molecular weight is 315 g/mol. The molecule has 122 valence electrons. The molecule has 0 spiro atoms. The summed E-state index contributed by atoms with van der Waals surface area (Å²) < 4.78 is 1.85. The molecule has 0 unspecified atom stereocenters. The first-order valence-electron chi connectivity index (χ1n) is 7.89. The first-order chi connectivity index (χ1) is 11.2. The van der Waals surface area contributed by atoms with Crippen LogP contribution in [0.1, 0.15) is 36.3 Å². The Kier molecular flexibility index (Phi) is 4.66. The molecule has 3 rings (SSSR count). The summed E-state index contributed by atoms with van der Waals surface area (Å²) in [6.07, 6.45) is 8.65. The Labute approximate surface area is 134 Å². The van der Waals surface area contributed by atoms with Gasteiger partial charge in [-0.05, 0) is 37.7 Å². The zero-order valence-electron chi connectivity index (χ0n) is 13.1. The highest BCUT2D eigenvalue weighted by atomic mass is 16.3. The van der Waals surface area contributed by atoms with E-state index in [1.54, 1.807) is 24.8 Å². The molecule has 0 atom stereocenters. The van der Waals surface area contributed by atoms with Crippen LogP contribution in [-0.4, -0.2) is 43.2 Å². The van der Waals surface area contributed by atoms with Crippen LogP contribution in [0.3, 0.4) is 0 Å². The number of rotatable bonds is 4. The molecule has 2 heterocycles. The minimum absolute atomic E-state index is 0.134. The normalized spacial score (nSPS) is 21.1. The highest BCUT2D eigenvalue weighted by Gasteiger charge is 2.23. The zero-order valence-corrected chi connectivity index (χ0v) is 13.1. The summed E-state index contributed by atoms with van der Waals surface area (Å²) in [5.74, 6) is 0.294. The minimum atomic E-state index is -0.249. The largest absolute Gasteiger partial charge is 0.396 e. The molecule has 23 heavy (non-hydrogen) atoms. The van der Waals surface area contributed by atoms with E-state index in [1.165, 1.54) is 0 Å². The summed E-state index contributed by atoms with van der Waals surface area (Å²) in [6.45, 7) is 0.233. The van der Waals surface area contributed by atoms with E-state index in [1.807, 2.05) is 11.6 Å². The van der Waals surface area contributed by atoms with Crippen molar-refractivity contribution >= 4 is 5.91 Å². The van der Waals surface area contributed by atoms with Crippen molar-refractivity contribution in [3.8, 4) is 11.4 Å². The number of nitrogens with one attached hydrogen (secondary N) is 1. The summed E-state index contributed by atoms with van der Waals surface area (Å²) in [5, 5.41) is 12.2. The Balaban J connectivity index is 1.67. The van der Waals surface area contributed by atoms with Gasteiger partial charge in [-0.15, -0.1) is 0 Å². The Bertz CT molecular complexity index is 677. The van der Waals surface area contributed by atoms with Crippen LogP contribution in [0.25, 0.3) is 11.4 Å². The first kappa shape index (κ1) is 15.6. The Morgan fingerprint density at radius 1 is 1.39 bits per heavy atom. The summed E-state index contributed by atoms with van der Waals surface area (Å²) in [6, 6.07) is 1.90. The van der Waals surface area contributed by atoms with Crippen molar-refractivity contribution in [1.82, 2.24) is 24.8 Å². The summed E-state index contributed by atoms with van der Waals surface area (Å²) in [5.41, 5.74) is 1.51. The molecular formula is C16H21N5O2. The SMILES string of the molecule is Cn1cncc1-c1ccnc(C(=O)NC2CCC(CO)CC2)n1. The van der Waals surface area contributed by atoms with Gasteiger partial charge in [0.15, 0.2) is 0 Å². The molecule has 7 nitrogen and oxygen atoms in total. The maximum Gasteiger partial charge on any atom is 0.289 e. The fraction of sp³-hybridized carbons (Fsp3) is 0.500. The molecule has 1 aliphatic rings. The smallest absolute Gasteiger partial charge is 0.289 e. The van der Waals surface area contributed by atoms with Crippen molar-refractivity contribution in [2.75, 3.05) is 6.61 Å². The van der Waals surface area contributed by atoms with Crippen LogP contribution in [-0.2, 0) is 7.05 Å². The van der Waals surface area contributed by atoms with Gasteiger partial charge in [-0.2, -0.15) is 0 Å². The van der Waals surface area contributed by atoms with Crippen LogP contribution in [0, 0.1) is 5.92 Å². The van der Waals surface area contributed by atoms with E-state index in [9.17, 15) is 4.79 Å². The molecule has 0 radical (unpaired) electrons. The molecule has 1 fully saturated rings. The second kappa shape index (κ2) is 6.87. The number of carbonyl (C=O) groups is 1. The molecule has 0 saturated heterocycles. The maximum atomic E-state index is 12.4. The molecule has 2 aromatic rings. The predicted molar refractivity (Wildman–Crippen MR) is 84.5 cm³/mol. The van der Waals surface area contributed by atoms with Gasteiger partial charge in [0.25, 0.3) is 5.91 Å². The van der Waals surface area contributed by atoms with Gasteiger partial charge in [-0.3, -0.25) is 4.79 Å². The lowest BCUT2D eigenvalue weighted by Gasteiger charge is -2.27. The fourth-order valence-corrected chi connectivity index (χ4v) is 2.95. The van der Waals surface area contributed by atoms with Crippen molar-refractivity contribution in [3.05, 3.63) is 30.6 Å². The van der Waals surface area contributed by atoms with Crippen LogP contribution < -0.4 is 5.32 Å². The van der Waals surface area contributed by atoms with E-state index < -0.39 is 0 Å². The lowest BCUT2D eigenvalue weighted by molar-refractivity contribution is 0.0903. The summed E-state index contributed by atoms with van der Waals surface area (Å²) in [4.78, 5) is 24.9. The molecule has 1 amide bonds. The van der Waals surface area contributed by atoms with Crippen molar-refractivity contribution in [3.63, 3.8) is 0 Å². The van der Waals surface area contributed by atoms with Crippen LogP contribution in [0.15, 0.2) is 24.8 Å². The highest BCUT2D eigenvalue weighted by molar-refractivity contribution is 5.91. The minimum Gasteiger partial charge on any atom is -0.396 e. The predicted octanol–water partition coefficient (Wildman–Crippen LogP) is 1.16. The number of carbonyl (C=O) groups excluding carboxylic acids is 1. The second-order valence-corrected chi connectivity index (χ2v) is 6.03. The van der Waals surface area contributed by atoms with Gasteiger partial charge in [-0.25, -0.2) is 15.0 Å². The number of hydrogen-bond donors (Lipinski definition) is 2. The Morgan fingerprint density at radius 2 is 2.17 bits per heavy atom. The lowest BCUT2D eigenvalue weighted by Crippen LogP contribution is -2.38. The van der Waals surface area contributed by atoms with Gasteiger partial charge in [0.05, 0.1) is 23.9 Å². The van der Waals surface area contributed by atoms with E-state index in [2.05, 4.69) is 20.3 Å². The molecule has 1 saturated carbocycles. The number of aromatic nitrogens is 4. The van der Waals surface area contributed by atoms with E-state index >= 15 is 0 Å². The summed E-state index contributed by atoms with van der Waals surface area (Å²) in [7, 11) is 1.88. The average Bonchev–Trinajstić information content (AvgIpc) is 3.02. The fourth-order valence-electron chi connectivity index (χ4n) is 2.95. The van der Waals surface area contributed by atoms with Crippen LogP contribution in [0.2, 0.25) is 0 Å². The van der Waals surface area contributed by atoms with E-state index in [0.29, 0.717) is 11.6 Å². The van der Waals surface area contributed by atoms with Gasteiger partial charge in [0.1, 0.15) is 0 Å². The molecule has 1 aliphatic carbocycles. The highest BCUT2D eigenvalue weighted by Crippen LogP contribution is 2.24. The molecule has 2 N–H and O–H groups in total. The number of aryl methyl sites for hydroxylation is 1. The second-order valence-electron chi connectivity index (χ2n) is 6.03. The van der Waals surface area contributed by atoms with Crippen LogP contribution >= 0.6 is 0 Å². The van der Waals surface area contributed by atoms with Gasteiger partial charge < -0.3 is 15.0 Å². The van der Waals surface area contributed by atoms with Crippen molar-refractivity contribution in [2.24, 2.45) is 13.0 Å². The third-order valence-corrected chi connectivity index (χ3v) is 4.38. The third kappa shape index (κ3) is 3.56. The van der Waals surface area contributed by atoms with E-state index in [-0.39, 0.29) is 24.4 Å². The third-order valence-electron chi connectivity index (χ3n) is 4.38. The maximum absolute atomic E-state index is 12.4. The van der Waals surface area contributed by atoms with Crippen molar-refractivity contribution in [1.29, 1.82) is 0 Å². The number of aliphatic hydroxyl groups is 1. The van der Waals surface area contributed by atoms with Gasteiger partial charge >= 0.3 is 0 Å². The summed E-state index contributed by atoms with van der Waals surface area (Å²) >= 11 is 0. The molecule has 7 heteroatoms. The monoisotopic (exact) mass is 315 g/mol.